The maximum Gasteiger partial charge on any atom is 0.335 e. The minimum absolute atomic E-state index is 0.0782. The van der Waals surface area contributed by atoms with Crippen LogP contribution in [-0.4, -0.2) is 52.4 Å². The molecule has 0 saturated carbocycles. The van der Waals surface area contributed by atoms with Crippen LogP contribution in [0.4, 0.5) is 0 Å². The second-order valence-corrected chi connectivity index (χ2v) is 8.07. The van der Waals surface area contributed by atoms with Gasteiger partial charge in [-0.05, 0) is 37.2 Å². The Morgan fingerprint density at radius 2 is 1.85 bits per heavy atom. The van der Waals surface area contributed by atoms with Crippen LogP contribution in [-0.2, 0) is 6.42 Å². The van der Waals surface area contributed by atoms with Gasteiger partial charge in [-0.1, -0.05) is 18.2 Å². The smallest absolute Gasteiger partial charge is 0.335 e. The highest BCUT2D eigenvalue weighted by Gasteiger charge is 2.35. The average molecular weight is 448 g/mol. The monoisotopic (exact) mass is 448 g/mol. The third-order valence-electron chi connectivity index (χ3n) is 6.30. The van der Waals surface area contributed by atoms with Gasteiger partial charge < -0.3 is 19.6 Å². The second kappa shape index (κ2) is 7.86. The van der Waals surface area contributed by atoms with Crippen molar-refractivity contribution in [3.8, 4) is 23.1 Å². The maximum absolute atomic E-state index is 13.1. The quantitative estimate of drug-likeness (QED) is 0.442. The van der Waals surface area contributed by atoms with Crippen LogP contribution >= 0.6 is 0 Å². The molecule has 0 radical (unpaired) electrons. The molecule has 1 aliphatic heterocycles. The number of aromatic amines is 2. The second-order valence-electron chi connectivity index (χ2n) is 8.07. The van der Waals surface area contributed by atoms with Crippen molar-refractivity contribution in [2.45, 2.75) is 12.5 Å². The Bertz CT molecular complexity index is 1480. The molecule has 1 unspecified atom stereocenters. The molecular formula is C24H24N4O5. The van der Waals surface area contributed by atoms with Gasteiger partial charge >= 0.3 is 5.69 Å². The summed E-state index contributed by atoms with van der Waals surface area (Å²) < 4.78 is 11.7. The number of para-hydroxylation sites is 1. The van der Waals surface area contributed by atoms with Crippen molar-refractivity contribution in [1.29, 1.82) is 0 Å². The third kappa shape index (κ3) is 3.20. The van der Waals surface area contributed by atoms with E-state index in [4.69, 9.17) is 9.47 Å². The Hall–Kier alpha value is -3.98. The van der Waals surface area contributed by atoms with Crippen molar-refractivity contribution in [1.82, 2.24) is 19.4 Å². The van der Waals surface area contributed by atoms with Crippen molar-refractivity contribution >= 4 is 10.9 Å². The van der Waals surface area contributed by atoms with Gasteiger partial charge in [0.15, 0.2) is 0 Å². The number of ether oxygens (including phenoxy) is 2. The van der Waals surface area contributed by atoms with Crippen molar-refractivity contribution in [3.63, 3.8) is 0 Å². The van der Waals surface area contributed by atoms with E-state index in [1.54, 1.807) is 18.2 Å². The maximum atomic E-state index is 13.1. The van der Waals surface area contributed by atoms with E-state index >= 15 is 0 Å². The summed E-state index contributed by atoms with van der Waals surface area (Å²) in [4.78, 5) is 33.7. The van der Waals surface area contributed by atoms with Crippen LogP contribution in [0.3, 0.4) is 0 Å². The zero-order valence-corrected chi connectivity index (χ0v) is 18.5. The Balaban J connectivity index is 1.79. The molecule has 3 heterocycles. The van der Waals surface area contributed by atoms with Crippen molar-refractivity contribution in [3.05, 3.63) is 80.1 Å². The summed E-state index contributed by atoms with van der Waals surface area (Å²) in [6.45, 7) is 0.681. The fourth-order valence-electron chi connectivity index (χ4n) is 4.71. The number of nitrogens with zero attached hydrogens (tertiary/aromatic N) is 2. The lowest BCUT2D eigenvalue weighted by Crippen LogP contribution is -2.39. The molecule has 9 heteroatoms. The molecule has 5 rings (SSSR count). The number of likely N-dealkylation sites (N-methyl/N-ethyl adjacent to an activating group) is 1. The lowest BCUT2D eigenvalue weighted by Gasteiger charge is -2.33. The summed E-state index contributed by atoms with van der Waals surface area (Å²) >= 11 is 0. The van der Waals surface area contributed by atoms with Gasteiger partial charge in [-0.15, -0.1) is 0 Å². The summed E-state index contributed by atoms with van der Waals surface area (Å²) in [5, 5.41) is 12.5. The summed E-state index contributed by atoms with van der Waals surface area (Å²) in [7, 11) is 4.85. The Morgan fingerprint density at radius 3 is 2.61 bits per heavy atom. The van der Waals surface area contributed by atoms with Crippen molar-refractivity contribution in [2.75, 3.05) is 27.8 Å². The molecule has 0 spiro atoms. The van der Waals surface area contributed by atoms with E-state index in [1.807, 2.05) is 36.2 Å². The summed E-state index contributed by atoms with van der Waals surface area (Å²) in [6.07, 6.45) is 0.800. The summed E-state index contributed by atoms with van der Waals surface area (Å²) in [5.41, 5.74) is 1.81. The standard InChI is InChI=1S/C24H24N4O5/c1-27-11-10-15-14-6-4-5-7-16(14)25-20(15)21(27)19-22(29)26-24(31)28(23(19)30)17-12-13(32-2)8-9-18(17)33-3/h4-9,12,21,25,30H,10-11H2,1-3H3,(H,26,29,31). The first-order valence-corrected chi connectivity index (χ1v) is 10.5. The fourth-order valence-corrected chi connectivity index (χ4v) is 4.71. The first-order chi connectivity index (χ1) is 15.9. The zero-order chi connectivity index (χ0) is 23.3. The average Bonchev–Trinajstić information content (AvgIpc) is 3.18. The molecule has 1 aliphatic rings. The molecule has 2 aromatic heterocycles. The van der Waals surface area contributed by atoms with Gasteiger partial charge in [-0.25, -0.2) is 9.36 Å². The van der Waals surface area contributed by atoms with Gasteiger partial charge in [-0.2, -0.15) is 0 Å². The predicted molar refractivity (Wildman–Crippen MR) is 124 cm³/mol. The molecule has 170 valence electrons. The number of H-pyrrole nitrogens is 2. The van der Waals surface area contributed by atoms with E-state index in [0.717, 1.165) is 33.1 Å². The Kier molecular flexibility index (Phi) is 4.98. The van der Waals surface area contributed by atoms with Crippen molar-refractivity contribution in [2.24, 2.45) is 0 Å². The van der Waals surface area contributed by atoms with Crippen LogP contribution in [0, 0.1) is 0 Å². The van der Waals surface area contributed by atoms with Crippen LogP contribution in [0.2, 0.25) is 0 Å². The van der Waals surface area contributed by atoms with Gasteiger partial charge in [0.05, 0.1) is 25.9 Å². The highest BCUT2D eigenvalue weighted by Crippen LogP contribution is 2.39. The van der Waals surface area contributed by atoms with Gasteiger partial charge in [0.25, 0.3) is 5.56 Å². The SMILES string of the molecule is COc1ccc(OC)c(-n2c(O)c(C3c4[nH]c5ccccc5c4CCN3C)c(=O)[nH]c2=O)c1. The molecule has 4 aromatic rings. The molecule has 3 N–H and O–H groups in total. The summed E-state index contributed by atoms with van der Waals surface area (Å²) in [6, 6.07) is 12.3. The number of hydrogen-bond donors (Lipinski definition) is 3. The molecule has 0 saturated heterocycles. The van der Waals surface area contributed by atoms with Crippen LogP contribution < -0.4 is 20.7 Å². The van der Waals surface area contributed by atoms with E-state index in [1.165, 1.54) is 14.2 Å². The van der Waals surface area contributed by atoms with Crippen LogP contribution in [0.15, 0.2) is 52.1 Å². The summed E-state index contributed by atoms with van der Waals surface area (Å²) in [5.74, 6) is 0.366. The molecular weight excluding hydrogens is 424 g/mol. The minimum atomic E-state index is -0.775. The molecule has 2 aromatic carbocycles. The van der Waals surface area contributed by atoms with Gasteiger partial charge in [0.1, 0.15) is 17.1 Å². The molecule has 0 aliphatic carbocycles. The highest BCUT2D eigenvalue weighted by atomic mass is 16.5. The van der Waals surface area contributed by atoms with Crippen LogP contribution in [0.5, 0.6) is 17.4 Å². The first kappa shape index (κ1) is 20.9. The topological polar surface area (TPSA) is 113 Å². The van der Waals surface area contributed by atoms with E-state index in [9.17, 15) is 14.7 Å². The molecule has 33 heavy (non-hydrogen) atoms. The molecule has 0 bridgehead atoms. The van der Waals surface area contributed by atoms with Crippen LogP contribution in [0.25, 0.3) is 16.6 Å². The van der Waals surface area contributed by atoms with Crippen molar-refractivity contribution < 1.29 is 14.6 Å². The molecule has 9 nitrogen and oxygen atoms in total. The minimum Gasteiger partial charge on any atom is -0.497 e. The normalized spacial score (nSPS) is 16.0. The molecule has 1 atom stereocenters. The fraction of sp³-hybridized carbons (Fsp3) is 0.250. The van der Waals surface area contributed by atoms with E-state index in [0.29, 0.717) is 18.0 Å². The molecule has 0 fully saturated rings. The lowest BCUT2D eigenvalue weighted by atomic mass is 9.93. The lowest BCUT2D eigenvalue weighted by molar-refractivity contribution is 0.251. The van der Waals surface area contributed by atoms with Gasteiger partial charge in [-0.3, -0.25) is 14.7 Å². The van der Waals surface area contributed by atoms with E-state index in [2.05, 4.69) is 9.97 Å². The third-order valence-corrected chi connectivity index (χ3v) is 6.30. The number of aromatic nitrogens is 3. The first-order valence-electron chi connectivity index (χ1n) is 10.5. The molecule has 0 amide bonds. The van der Waals surface area contributed by atoms with Crippen LogP contribution in [0.1, 0.15) is 22.9 Å². The van der Waals surface area contributed by atoms with Gasteiger partial charge in [0, 0.05) is 29.2 Å². The number of nitrogens with one attached hydrogen (secondary N) is 2. The predicted octanol–water partition coefficient (Wildman–Crippen LogP) is 2.31. The number of rotatable bonds is 4. The number of hydrogen-bond acceptors (Lipinski definition) is 6. The number of methoxy groups -OCH3 is 2. The van der Waals surface area contributed by atoms with E-state index < -0.39 is 23.2 Å². The number of fused-ring (bicyclic) bond motifs is 3. The van der Waals surface area contributed by atoms with E-state index in [-0.39, 0.29) is 11.3 Å². The Labute approximate surface area is 188 Å². The Morgan fingerprint density at radius 1 is 1.06 bits per heavy atom. The largest absolute Gasteiger partial charge is 0.497 e. The zero-order valence-electron chi connectivity index (χ0n) is 18.5. The number of aromatic hydroxyl groups is 1. The van der Waals surface area contributed by atoms with Gasteiger partial charge in [0.2, 0.25) is 5.88 Å². The number of benzene rings is 2. The highest BCUT2D eigenvalue weighted by molar-refractivity contribution is 5.85.